The first-order chi connectivity index (χ1) is 14.5. The Morgan fingerprint density at radius 3 is 1.94 bits per heavy atom. The van der Waals surface area contributed by atoms with E-state index in [1.54, 1.807) is 20.8 Å². The maximum Gasteiger partial charge on any atom is 0.317 e. The lowest BCUT2D eigenvalue weighted by atomic mass is 9.72. The Morgan fingerprint density at radius 2 is 1.42 bits per heavy atom. The van der Waals surface area contributed by atoms with Crippen molar-refractivity contribution in [2.24, 2.45) is 10.8 Å². The van der Waals surface area contributed by atoms with Gasteiger partial charge in [0, 0.05) is 0 Å². The molecule has 0 heterocycles. The molecule has 0 saturated heterocycles. The quantitative estimate of drug-likeness (QED) is 0.393. The number of hydrogen-bond acceptors (Lipinski definition) is 5. The van der Waals surface area contributed by atoms with Crippen molar-refractivity contribution in [2.45, 2.75) is 66.4 Å². The van der Waals surface area contributed by atoms with Crippen molar-refractivity contribution < 1.29 is 24.2 Å². The van der Waals surface area contributed by atoms with E-state index in [1.165, 1.54) is 24.3 Å². The van der Waals surface area contributed by atoms with Gasteiger partial charge in [-0.3, -0.25) is 9.59 Å². The zero-order chi connectivity index (χ0) is 23.3. The minimum absolute atomic E-state index is 0.0966. The maximum absolute atomic E-state index is 13.2. The summed E-state index contributed by atoms with van der Waals surface area (Å²) in [6, 6.07) is 15.7. The van der Waals surface area contributed by atoms with E-state index in [0.717, 1.165) is 5.56 Å². The van der Waals surface area contributed by atoms with Crippen LogP contribution in [0.4, 0.5) is 0 Å². The predicted octanol–water partition coefficient (Wildman–Crippen LogP) is 6.00. The van der Waals surface area contributed by atoms with Crippen LogP contribution in [0.2, 0.25) is 0 Å². The minimum atomic E-state index is -0.899. The van der Waals surface area contributed by atoms with Crippen LogP contribution in [0.25, 0.3) is 0 Å². The number of esters is 2. The number of aromatic hydroxyl groups is 1. The van der Waals surface area contributed by atoms with Crippen molar-refractivity contribution in [1.29, 1.82) is 0 Å². The lowest BCUT2D eigenvalue weighted by Crippen LogP contribution is -2.42. The fourth-order valence-electron chi connectivity index (χ4n) is 3.60. The second-order valence-corrected chi connectivity index (χ2v) is 9.20. The second-order valence-electron chi connectivity index (χ2n) is 9.20. The van der Waals surface area contributed by atoms with E-state index in [2.05, 4.69) is 0 Å². The molecule has 0 radical (unpaired) electrons. The molecule has 2 unspecified atom stereocenters. The molecule has 0 spiro atoms. The van der Waals surface area contributed by atoms with Crippen molar-refractivity contribution >= 4 is 11.9 Å². The number of hydrogen-bond donors (Lipinski definition) is 1. The summed E-state index contributed by atoms with van der Waals surface area (Å²) < 4.78 is 11.6. The molecule has 0 saturated carbocycles. The van der Waals surface area contributed by atoms with Gasteiger partial charge in [-0.25, -0.2) is 0 Å². The van der Waals surface area contributed by atoms with Gasteiger partial charge >= 0.3 is 11.9 Å². The summed E-state index contributed by atoms with van der Waals surface area (Å²) in [5.41, 5.74) is -1.59. The predicted molar refractivity (Wildman–Crippen MR) is 121 cm³/mol. The molecule has 2 aromatic carbocycles. The first-order valence-electron chi connectivity index (χ1n) is 10.8. The number of phenolic OH excluding ortho intramolecular Hbond substituents is 1. The monoisotopic (exact) mass is 426 g/mol. The fraction of sp³-hybridized carbons (Fsp3) is 0.462. The van der Waals surface area contributed by atoms with Crippen molar-refractivity contribution in [2.75, 3.05) is 0 Å². The zero-order valence-corrected chi connectivity index (χ0v) is 19.4. The van der Waals surface area contributed by atoms with Crippen LogP contribution in [0, 0.1) is 10.8 Å². The lowest BCUT2D eigenvalue weighted by Gasteiger charge is -2.37. The van der Waals surface area contributed by atoms with E-state index < -0.39 is 22.4 Å². The average molecular weight is 427 g/mol. The van der Waals surface area contributed by atoms with E-state index in [4.69, 9.17) is 9.47 Å². The summed E-state index contributed by atoms with van der Waals surface area (Å²) in [5.74, 6) is -0.314. The molecule has 31 heavy (non-hydrogen) atoms. The standard InChI is InChI=1S/C26H34O5/c1-7-25(5,23(29)30-21-16-14-20(27)15-17-21)18-24(3,4)22(28)31-26(6,8-2)19-12-10-9-11-13-19/h9-17,27H,7-8,18H2,1-6H3. The van der Waals surface area contributed by atoms with Crippen molar-refractivity contribution in [3.05, 3.63) is 60.2 Å². The van der Waals surface area contributed by atoms with Gasteiger partial charge in [0.2, 0.25) is 0 Å². The van der Waals surface area contributed by atoms with Crippen molar-refractivity contribution in [3.63, 3.8) is 0 Å². The Morgan fingerprint density at radius 1 is 0.839 bits per heavy atom. The summed E-state index contributed by atoms with van der Waals surface area (Å²) in [6.07, 6.45) is 1.41. The SMILES string of the molecule is CCC(C)(CC(C)(C)C(=O)OC(C)(CC)c1ccccc1)C(=O)Oc1ccc(O)cc1. The molecule has 0 aliphatic rings. The largest absolute Gasteiger partial charge is 0.508 e. The molecule has 0 aliphatic carbocycles. The van der Waals surface area contributed by atoms with E-state index in [-0.39, 0.29) is 18.1 Å². The normalized spacial score (nSPS) is 15.4. The Labute approximate surface area is 185 Å². The highest BCUT2D eigenvalue weighted by molar-refractivity contribution is 5.82. The Hall–Kier alpha value is -2.82. The number of carbonyl (C=O) groups excluding carboxylic acids is 2. The maximum atomic E-state index is 13.2. The molecule has 0 aromatic heterocycles. The minimum Gasteiger partial charge on any atom is -0.508 e. The highest BCUT2D eigenvalue weighted by Crippen LogP contribution is 2.41. The van der Waals surface area contributed by atoms with Crippen LogP contribution < -0.4 is 4.74 Å². The third-order valence-corrected chi connectivity index (χ3v) is 6.08. The molecule has 2 aromatic rings. The first kappa shape index (κ1) is 24.4. The van der Waals surface area contributed by atoms with E-state index in [1.807, 2.05) is 51.1 Å². The highest BCUT2D eigenvalue weighted by Gasteiger charge is 2.45. The van der Waals surface area contributed by atoms with Gasteiger partial charge in [0.05, 0.1) is 10.8 Å². The van der Waals surface area contributed by atoms with E-state index >= 15 is 0 Å². The third-order valence-electron chi connectivity index (χ3n) is 6.08. The van der Waals surface area contributed by atoms with Gasteiger partial charge in [-0.15, -0.1) is 0 Å². The number of ether oxygens (including phenoxy) is 2. The molecule has 168 valence electrons. The van der Waals surface area contributed by atoms with Gasteiger partial charge < -0.3 is 14.6 Å². The molecule has 5 heteroatoms. The number of carbonyl (C=O) groups is 2. The van der Waals surface area contributed by atoms with Crippen LogP contribution in [0.15, 0.2) is 54.6 Å². The third kappa shape index (κ3) is 5.87. The van der Waals surface area contributed by atoms with E-state index in [0.29, 0.717) is 18.6 Å². The van der Waals surface area contributed by atoms with Gasteiger partial charge in [-0.1, -0.05) is 44.2 Å². The smallest absolute Gasteiger partial charge is 0.317 e. The number of benzene rings is 2. The van der Waals surface area contributed by atoms with E-state index in [9.17, 15) is 14.7 Å². The molecule has 0 fully saturated rings. The Bertz CT molecular complexity index is 888. The summed E-state index contributed by atoms with van der Waals surface area (Å²) in [4.78, 5) is 26.2. The first-order valence-corrected chi connectivity index (χ1v) is 10.8. The van der Waals surface area contributed by atoms with Crippen molar-refractivity contribution in [1.82, 2.24) is 0 Å². The van der Waals surface area contributed by atoms with Crippen LogP contribution >= 0.6 is 0 Å². The van der Waals surface area contributed by atoms with Gasteiger partial charge in [0.1, 0.15) is 17.1 Å². The molecular formula is C26H34O5. The number of phenols is 1. The van der Waals surface area contributed by atoms with Gasteiger partial charge in [-0.2, -0.15) is 0 Å². The topological polar surface area (TPSA) is 72.8 Å². The molecule has 0 amide bonds. The second kappa shape index (κ2) is 9.54. The molecule has 2 atom stereocenters. The Kier molecular flexibility index (Phi) is 7.53. The van der Waals surface area contributed by atoms with Crippen LogP contribution in [0.1, 0.15) is 66.4 Å². The molecule has 0 bridgehead atoms. The molecule has 2 rings (SSSR count). The average Bonchev–Trinajstić information content (AvgIpc) is 2.75. The zero-order valence-electron chi connectivity index (χ0n) is 19.4. The summed E-state index contributed by atoms with van der Waals surface area (Å²) in [7, 11) is 0. The summed E-state index contributed by atoms with van der Waals surface area (Å²) >= 11 is 0. The number of rotatable bonds is 9. The molecule has 1 N–H and O–H groups in total. The van der Waals surface area contributed by atoms with Gasteiger partial charge in [0.25, 0.3) is 0 Å². The van der Waals surface area contributed by atoms with Crippen LogP contribution in [0.5, 0.6) is 11.5 Å². The molecule has 5 nitrogen and oxygen atoms in total. The van der Waals surface area contributed by atoms with Crippen LogP contribution in [0.3, 0.4) is 0 Å². The van der Waals surface area contributed by atoms with Crippen LogP contribution in [-0.4, -0.2) is 17.0 Å². The summed E-state index contributed by atoms with van der Waals surface area (Å²) in [6.45, 7) is 11.2. The highest BCUT2D eigenvalue weighted by atomic mass is 16.6. The molecule has 0 aliphatic heterocycles. The van der Waals surface area contributed by atoms with Gasteiger partial charge in [0.15, 0.2) is 0 Å². The lowest BCUT2D eigenvalue weighted by molar-refractivity contribution is -0.173. The van der Waals surface area contributed by atoms with Crippen molar-refractivity contribution in [3.8, 4) is 11.5 Å². The van der Waals surface area contributed by atoms with Crippen LogP contribution in [-0.2, 0) is 19.9 Å². The Balaban J connectivity index is 2.17. The molecular weight excluding hydrogens is 392 g/mol. The fourth-order valence-corrected chi connectivity index (χ4v) is 3.60. The summed E-state index contributed by atoms with van der Waals surface area (Å²) in [5, 5.41) is 9.41. The van der Waals surface area contributed by atoms with Gasteiger partial charge in [-0.05, 0) is 76.8 Å².